The van der Waals surface area contributed by atoms with Gasteiger partial charge < -0.3 is 4.74 Å². The van der Waals surface area contributed by atoms with Gasteiger partial charge in [-0.1, -0.05) is 6.42 Å². The molecule has 0 aromatic heterocycles. The maximum Gasteiger partial charge on any atom is 0.305 e. The minimum absolute atomic E-state index is 0.102. The largest absolute Gasteiger partial charge is 0.469 e. The molecule has 7 heteroatoms. The summed E-state index contributed by atoms with van der Waals surface area (Å²) in [5, 5.41) is 0. The minimum atomic E-state index is -0.839. The van der Waals surface area contributed by atoms with E-state index in [2.05, 4.69) is 4.74 Å². The summed E-state index contributed by atoms with van der Waals surface area (Å²) in [7, 11) is 1.33. The van der Waals surface area contributed by atoms with E-state index in [1.165, 1.54) is 13.5 Å². The first-order chi connectivity index (χ1) is 12.0. The second kappa shape index (κ2) is 8.12. The number of Topliss-reactive ketones (excluding diaryl/α,β-unsaturated/α-hetero) is 1. The third kappa shape index (κ3) is 4.78. The van der Waals surface area contributed by atoms with Crippen LogP contribution in [0.25, 0.3) is 0 Å². The molecule has 3 rings (SSSR count). The average Bonchev–Trinajstić information content (AvgIpc) is 2.65. The number of esters is 1. The van der Waals surface area contributed by atoms with E-state index in [0.717, 1.165) is 38.5 Å². The molecular formula is C18H28O7. The van der Waals surface area contributed by atoms with E-state index in [1.807, 2.05) is 0 Å². The quantitative estimate of drug-likeness (QED) is 0.552. The third-order valence-electron chi connectivity index (χ3n) is 5.53. The van der Waals surface area contributed by atoms with Gasteiger partial charge in [-0.2, -0.15) is 19.6 Å². The van der Waals surface area contributed by atoms with Crippen molar-refractivity contribution in [1.82, 2.24) is 0 Å². The van der Waals surface area contributed by atoms with Crippen molar-refractivity contribution in [2.75, 3.05) is 7.11 Å². The first-order valence-corrected chi connectivity index (χ1v) is 9.37. The highest BCUT2D eigenvalue weighted by Crippen LogP contribution is 2.45. The Bertz CT molecular complexity index is 464. The first-order valence-electron chi connectivity index (χ1n) is 9.37. The first kappa shape index (κ1) is 18.8. The Hall–Kier alpha value is -1.02. The van der Waals surface area contributed by atoms with E-state index in [1.54, 1.807) is 0 Å². The van der Waals surface area contributed by atoms with Crippen LogP contribution in [0.5, 0.6) is 0 Å². The molecule has 0 atom stereocenters. The molecule has 142 valence electrons. The lowest BCUT2D eigenvalue weighted by Crippen LogP contribution is -2.52. The topological polar surface area (TPSA) is 80.3 Å². The fraction of sp³-hybridized carbons (Fsp3) is 0.889. The van der Waals surface area contributed by atoms with E-state index in [9.17, 15) is 9.59 Å². The van der Waals surface area contributed by atoms with Gasteiger partial charge in [-0.3, -0.25) is 9.59 Å². The summed E-state index contributed by atoms with van der Waals surface area (Å²) in [6.45, 7) is 0. The standard InChI is InChI=1S/C18H28O7/c1-21-16(20)6-5-15(19)13-14-7-11-18(12-8-14)24-22-17(23-25-18)9-3-2-4-10-17/h14H,2-13H2,1H3. The molecule has 1 aliphatic heterocycles. The van der Waals surface area contributed by atoms with Crippen molar-refractivity contribution in [3.05, 3.63) is 0 Å². The van der Waals surface area contributed by atoms with Crippen molar-refractivity contribution in [3.63, 3.8) is 0 Å². The average molecular weight is 356 g/mol. The van der Waals surface area contributed by atoms with Gasteiger partial charge in [0.2, 0.25) is 11.6 Å². The molecule has 7 nitrogen and oxygen atoms in total. The zero-order valence-corrected chi connectivity index (χ0v) is 14.9. The van der Waals surface area contributed by atoms with Crippen LogP contribution >= 0.6 is 0 Å². The van der Waals surface area contributed by atoms with Gasteiger partial charge in [0, 0.05) is 38.5 Å². The summed E-state index contributed by atoms with van der Waals surface area (Å²) in [5.74, 6) is -1.52. The van der Waals surface area contributed by atoms with Gasteiger partial charge in [0.15, 0.2) is 0 Å². The molecule has 0 aromatic carbocycles. The Kier molecular flexibility index (Phi) is 6.09. The highest BCUT2D eigenvalue weighted by molar-refractivity contribution is 5.83. The smallest absolute Gasteiger partial charge is 0.305 e. The highest BCUT2D eigenvalue weighted by atomic mass is 17.4. The molecule has 2 aliphatic carbocycles. The Balaban J connectivity index is 1.40. The van der Waals surface area contributed by atoms with Crippen LogP contribution in [0, 0.1) is 5.92 Å². The van der Waals surface area contributed by atoms with Crippen molar-refractivity contribution >= 4 is 11.8 Å². The molecule has 0 amide bonds. The van der Waals surface area contributed by atoms with Crippen LogP contribution in [0.3, 0.4) is 0 Å². The molecule has 2 spiro atoms. The van der Waals surface area contributed by atoms with Crippen molar-refractivity contribution in [2.45, 2.75) is 88.6 Å². The van der Waals surface area contributed by atoms with E-state index < -0.39 is 11.6 Å². The normalized spacial score (nSPS) is 25.8. The summed E-state index contributed by atoms with van der Waals surface area (Å²) >= 11 is 0. The van der Waals surface area contributed by atoms with Gasteiger partial charge in [0.25, 0.3) is 0 Å². The second-order valence-electron chi connectivity index (χ2n) is 7.48. The number of ketones is 1. The van der Waals surface area contributed by atoms with Crippen LogP contribution < -0.4 is 0 Å². The number of hydrogen-bond donors (Lipinski definition) is 0. The van der Waals surface area contributed by atoms with Gasteiger partial charge in [0.05, 0.1) is 13.5 Å². The number of carbonyl (C=O) groups excluding carboxylic acids is 2. The molecule has 25 heavy (non-hydrogen) atoms. The molecule has 0 radical (unpaired) electrons. The molecule has 2 saturated carbocycles. The van der Waals surface area contributed by atoms with E-state index in [-0.39, 0.29) is 30.5 Å². The van der Waals surface area contributed by atoms with Gasteiger partial charge in [-0.05, 0) is 31.6 Å². The molecule has 3 aliphatic rings. The Morgan fingerprint density at radius 3 is 2.00 bits per heavy atom. The minimum Gasteiger partial charge on any atom is -0.469 e. The van der Waals surface area contributed by atoms with E-state index in [4.69, 9.17) is 19.6 Å². The molecule has 1 saturated heterocycles. The maximum atomic E-state index is 12.0. The van der Waals surface area contributed by atoms with Crippen LogP contribution in [-0.4, -0.2) is 30.4 Å². The molecule has 0 N–H and O–H groups in total. The van der Waals surface area contributed by atoms with Crippen molar-refractivity contribution < 1.29 is 33.9 Å². The van der Waals surface area contributed by atoms with Crippen molar-refractivity contribution in [2.24, 2.45) is 5.92 Å². The Morgan fingerprint density at radius 1 is 0.880 bits per heavy atom. The maximum absolute atomic E-state index is 12.0. The van der Waals surface area contributed by atoms with Crippen LogP contribution in [0.4, 0.5) is 0 Å². The number of rotatable bonds is 5. The zero-order chi connectivity index (χ0) is 17.8. The molecule has 0 aromatic rings. The zero-order valence-electron chi connectivity index (χ0n) is 14.9. The van der Waals surface area contributed by atoms with Crippen LogP contribution in [0.15, 0.2) is 0 Å². The van der Waals surface area contributed by atoms with Gasteiger partial charge in [-0.25, -0.2) is 0 Å². The number of methoxy groups -OCH3 is 1. The summed E-state index contributed by atoms with van der Waals surface area (Å²) in [5.41, 5.74) is 0. The number of hydrogen-bond acceptors (Lipinski definition) is 7. The van der Waals surface area contributed by atoms with Crippen LogP contribution in [0.2, 0.25) is 0 Å². The fourth-order valence-electron chi connectivity index (χ4n) is 3.84. The molecule has 1 heterocycles. The van der Waals surface area contributed by atoms with Gasteiger partial charge in [0.1, 0.15) is 5.78 Å². The molecule has 3 fully saturated rings. The predicted molar refractivity (Wildman–Crippen MR) is 85.7 cm³/mol. The monoisotopic (exact) mass is 356 g/mol. The fourth-order valence-corrected chi connectivity index (χ4v) is 3.84. The van der Waals surface area contributed by atoms with Crippen LogP contribution in [0.1, 0.15) is 77.0 Å². The van der Waals surface area contributed by atoms with Crippen molar-refractivity contribution in [3.8, 4) is 0 Å². The second-order valence-corrected chi connectivity index (χ2v) is 7.48. The lowest BCUT2D eigenvalue weighted by Gasteiger charge is -2.46. The Morgan fingerprint density at radius 2 is 1.44 bits per heavy atom. The van der Waals surface area contributed by atoms with Gasteiger partial charge >= 0.3 is 5.97 Å². The molecule has 0 bridgehead atoms. The summed E-state index contributed by atoms with van der Waals surface area (Å²) in [4.78, 5) is 45.6. The van der Waals surface area contributed by atoms with Crippen molar-refractivity contribution in [1.29, 1.82) is 0 Å². The highest BCUT2D eigenvalue weighted by Gasteiger charge is 2.50. The molecular weight excluding hydrogens is 328 g/mol. The van der Waals surface area contributed by atoms with E-state index >= 15 is 0 Å². The lowest BCUT2D eigenvalue weighted by molar-refractivity contribution is -0.663. The molecule has 0 unspecified atom stereocenters. The summed E-state index contributed by atoms with van der Waals surface area (Å²) in [6, 6.07) is 0. The van der Waals surface area contributed by atoms with Gasteiger partial charge in [-0.15, -0.1) is 0 Å². The summed E-state index contributed by atoms with van der Waals surface area (Å²) in [6.07, 6.45) is 8.65. The summed E-state index contributed by atoms with van der Waals surface area (Å²) < 4.78 is 4.56. The van der Waals surface area contributed by atoms with E-state index in [0.29, 0.717) is 19.3 Å². The third-order valence-corrected chi connectivity index (χ3v) is 5.53. The number of carbonyl (C=O) groups is 2. The lowest BCUT2D eigenvalue weighted by atomic mass is 9.82. The Labute approximate surface area is 148 Å². The van der Waals surface area contributed by atoms with Crippen LogP contribution in [-0.2, 0) is 33.9 Å². The SMILES string of the molecule is COC(=O)CCC(=O)CC1CCC2(CC1)OOC1(CCCCC1)OO2. The predicted octanol–water partition coefficient (Wildman–Crippen LogP) is 3.36. The number of ether oxygens (including phenoxy) is 1.